The maximum atomic E-state index is 12.2. The lowest BCUT2D eigenvalue weighted by atomic mass is 10.0. The summed E-state index contributed by atoms with van der Waals surface area (Å²) >= 11 is 0. The molecule has 1 rings (SSSR count). The largest absolute Gasteiger partial charge is 0.359 e. The average molecular weight is 314 g/mol. The van der Waals surface area contributed by atoms with Crippen molar-refractivity contribution in [3.8, 4) is 0 Å². The van der Waals surface area contributed by atoms with E-state index in [4.69, 9.17) is 5.73 Å². The van der Waals surface area contributed by atoms with Crippen molar-refractivity contribution in [2.45, 2.75) is 19.4 Å². The molecule has 0 spiro atoms. The van der Waals surface area contributed by atoms with E-state index in [2.05, 4.69) is 5.32 Å². The Kier molecular flexibility index (Phi) is 8.66. The third-order valence-corrected chi connectivity index (χ3v) is 3.23. The third-order valence-electron chi connectivity index (χ3n) is 3.23. The van der Waals surface area contributed by atoms with Crippen molar-refractivity contribution < 1.29 is 9.59 Å². The summed E-state index contributed by atoms with van der Waals surface area (Å²) in [6.45, 7) is 2.15. The summed E-state index contributed by atoms with van der Waals surface area (Å²) in [6.07, 6.45) is 0.498. The Morgan fingerprint density at radius 3 is 2.38 bits per heavy atom. The van der Waals surface area contributed by atoms with Gasteiger partial charge in [0.2, 0.25) is 11.8 Å². The van der Waals surface area contributed by atoms with Gasteiger partial charge < -0.3 is 16.0 Å². The zero-order chi connectivity index (χ0) is 15.1. The lowest BCUT2D eigenvalue weighted by Gasteiger charge is -2.24. The fourth-order valence-corrected chi connectivity index (χ4v) is 2.07. The highest BCUT2D eigenvalue weighted by Crippen LogP contribution is 2.05. The number of hydrogen-bond acceptors (Lipinski definition) is 3. The molecule has 0 aromatic heterocycles. The Bertz CT molecular complexity index is 453. The van der Waals surface area contributed by atoms with Crippen LogP contribution in [0, 0.1) is 5.92 Å². The van der Waals surface area contributed by atoms with Gasteiger partial charge in [-0.25, -0.2) is 0 Å². The molecule has 118 valence electrons. The Labute approximate surface area is 132 Å². The molecule has 21 heavy (non-hydrogen) atoms. The maximum Gasteiger partial charge on any atom is 0.239 e. The zero-order valence-electron chi connectivity index (χ0n) is 12.7. The van der Waals surface area contributed by atoms with Gasteiger partial charge in [-0.2, -0.15) is 0 Å². The van der Waals surface area contributed by atoms with Crippen LogP contribution in [0.25, 0.3) is 0 Å². The first kappa shape index (κ1) is 19.4. The first-order chi connectivity index (χ1) is 9.45. The number of hydrogen-bond donors (Lipinski definition) is 2. The molecule has 5 nitrogen and oxygen atoms in total. The van der Waals surface area contributed by atoms with Gasteiger partial charge >= 0.3 is 0 Å². The number of rotatable bonds is 6. The van der Waals surface area contributed by atoms with E-state index in [0.717, 1.165) is 5.56 Å². The molecule has 0 aliphatic heterocycles. The van der Waals surface area contributed by atoms with Crippen LogP contribution in [0.2, 0.25) is 0 Å². The summed E-state index contributed by atoms with van der Waals surface area (Å²) in [4.78, 5) is 25.1. The molecule has 1 aromatic rings. The molecular weight excluding hydrogens is 290 g/mol. The molecule has 0 heterocycles. The van der Waals surface area contributed by atoms with Crippen LogP contribution in [0.15, 0.2) is 30.3 Å². The molecule has 0 saturated heterocycles. The van der Waals surface area contributed by atoms with Gasteiger partial charge in [-0.05, 0) is 12.0 Å². The number of halogens is 1. The van der Waals surface area contributed by atoms with Gasteiger partial charge in [0.05, 0.1) is 12.0 Å². The molecular formula is C15H24ClN3O2. The lowest BCUT2D eigenvalue weighted by Crippen LogP contribution is -2.46. The van der Waals surface area contributed by atoms with E-state index in [1.165, 1.54) is 4.90 Å². The van der Waals surface area contributed by atoms with Crippen molar-refractivity contribution in [2.24, 2.45) is 11.7 Å². The van der Waals surface area contributed by atoms with Crippen molar-refractivity contribution in [3.05, 3.63) is 35.9 Å². The van der Waals surface area contributed by atoms with E-state index >= 15 is 0 Å². The van der Waals surface area contributed by atoms with Gasteiger partial charge in [-0.3, -0.25) is 9.59 Å². The smallest absolute Gasteiger partial charge is 0.239 e. The van der Waals surface area contributed by atoms with Crippen LogP contribution in [0.5, 0.6) is 0 Å². The topological polar surface area (TPSA) is 75.4 Å². The number of nitrogens with zero attached hydrogens (tertiary/aromatic N) is 1. The first-order valence-electron chi connectivity index (χ1n) is 6.71. The highest BCUT2D eigenvalue weighted by atomic mass is 35.5. The van der Waals surface area contributed by atoms with Crippen molar-refractivity contribution in [1.82, 2.24) is 10.2 Å². The first-order valence-corrected chi connectivity index (χ1v) is 6.71. The standard InChI is InChI=1S/C15H23N3O2.ClH/c1-11(14(19)17-2)10-18(3)15(20)13(16)9-12-7-5-4-6-8-12;/h4-8,11,13H,9-10,16H2,1-3H3,(H,17,19);1H. The molecule has 0 radical (unpaired) electrons. The molecule has 6 heteroatoms. The predicted molar refractivity (Wildman–Crippen MR) is 86.2 cm³/mol. The minimum Gasteiger partial charge on any atom is -0.359 e. The number of amides is 2. The summed E-state index contributed by atoms with van der Waals surface area (Å²) in [5.41, 5.74) is 6.97. The molecule has 0 aliphatic carbocycles. The van der Waals surface area contributed by atoms with Crippen molar-refractivity contribution in [1.29, 1.82) is 0 Å². The monoisotopic (exact) mass is 313 g/mol. The second kappa shape index (κ2) is 9.37. The summed E-state index contributed by atoms with van der Waals surface area (Å²) in [5, 5.41) is 2.57. The highest BCUT2D eigenvalue weighted by molar-refractivity contribution is 5.85. The molecule has 0 fully saturated rings. The summed E-state index contributed by atoms with van der Waals surface area (Å²) in [6, 6.07) is 9.07. The van der Waals surface area contributed by atoms with E-state index in [0.29, 0.717) is 13.0 Å². The van der Waals surface area contributed by atoms with E-state index in [9.17, 15) is 9.59 Å². The Balaban J connectivity index is 0.00000400. The third kappa shape index (κ3) is 6.14. The van der Waals surface area contributed by atoms with Crippen molar-refractivity contribution in [3.63, 3.8) is 0 Å². The van der Waals surface area contributed by atoms with E-state index < -0.39 is 6.04 Å². The number of nitrogens with one attached hydrogen (secondary N) is 1. The molecule has 2 unspecified atom stereocenters. The SMILES string of the molecule is CNC(=O)C(C)CN(C)C(=O)C(N)Cc1ccccc1.Cl. The van der Waals surface area contributed by atoms with E-state index in [1.54, 1.807) is 21.0 Å². The van der Waals surface area contributed by atoms with Crippen LogP contribution in [0.1, 0.15) is 12.5 Å². The Hall–Kier alpha value is -1.59. The zero-order valence-corrected chi connectivity index (χ0v) is 13.5. The second-order valence-electron chi connectivity index (χ2n) is 5.03. The van der Waals surface area contributed by atoms with Crippen LogP contribution in [-0.4, -0.2) is 43.4 Å². The van der Waals surface area contributed by atoms with Gasteiger partial charge in [-0.15, -0.1) is 12.4 Å². The highest BCUT2D eigenvalue weighted by Gasteiger charge is 2.22. The number of nitrogens with two attached hydrogens (primary N) is 1. The fourth-order valence-electron chi connectivity index (χ4n) is 2.07. The quantitative estimate of drug-likeness (QED) is 0.816. The molecule has 0 bridgehead atoms. The van der Waals surface area contributed by atoms with Crippen molar-refractivity contribution >= 4 is 24.2 Å². The number of likely N-dealkylation sites (N-methyl/N-ethyl adjacent to an activating group) is 1. The molecule has 2 atom stereocenters. The summed E-state index contributed by atoms with van der Waals surface area (Å²) < 4.78 is 0. The van der Waals surface area contributed by atoms with Crippen LogP contribution in [0.4, 0.5) is 0 Å². The summed E-state index contributed by atoms with van der Waals surface area (Å²) in [7, 11) is 3.26. The normalized spacial score (nSPS) is 12.8. The number of carbonyl (C=O) groups excluding carboxylic acids is 2. The number of benzene rings is 1. The summed E-state index contributed by atoms with van der Waals surface area (Å²) in [5.74, 6) is -0.483. The Morgan fingerprint density at radius 2 is 1.86 bits per heavy atom. The molecule has 0 aliphatic rings. The predicted octanol–water partition coefficient (Wildman–Crippen LogP) is 0.819. The van der Waals surface area contributed by atoms with Crippen LogP contribution >= 0.6 is 12.4 Å². The minimum atomic E-state index is -0.584. The van der Waals surface area contributed by atoms with Gasteiger partial charge in [0, 0.05) is 20.6 Å². The molecule has 0 saturated carbocycles. The van der Waals surface area contributed by atoms with Crippen molar-refractivity contribution in [2.75, 3.05) is 20.6 Å². The van der Waals surface area contributed by atoms with Gasteiger partial charge in [0.1, 0.15) is 0 Å². The molecule has 1 aromatic carbocycles. The van der Waals surface area contributed by atoms with E-state index in [-0.39, 0.29) is 30.1 Å². The maximum absolute atomic E-state index is 12.2. The fraction of sp³-hybridized carbons (Fsp3) is 0.467. The lowest BCUT2D eigenvalue weighted by molar-refractivity contribution is -0.133. The number of carbonyl (C=O) groups is 2. The molecule has 3 N–H and O–H groups in total. The van der Waals surface area contributed by atoms with Crippen LogP contribution in [-0.2, 0) is 16.0 Å². The van der Waals surface area contributed by atoms with Crippen LogP contribution < -0.4 is 11.1 Å². The molecule has 2 amide bonds. The van der Waals surface area contributed by atoms with Gasteiger partial charge in [0.25, 0.3) is 0 Å². The van der Waals surface area contributed by atoms with Gasteiger partial charge in [-0.1, -0.05) is 37.3 Å². The van der Waals surface area contributed by atoms with E-state index in [1.807, 2.05) is 30.3 Å². The Morgan fingerprint density at radius 1 is 1.29 bits per heavy atom. The average Bonchev–Trinajstić information content (AvgIpc) is 2.46. The second-order valence-corrected chi connectivity index (χ2v) is 5.03. The minimum absolute atomic E-state index is 0. The van der Waals surface area contributed by atoms with Crippen LogP contribution in [0.3, 0.4) is 0 Å². The van der Waals surface area contributed by atoms with Gasteiger partial charge in [0.15, 0.2) is 0 Å².